The molecule has 1 unspecified atom stereocenters. The number of nitrogens with zero attached hydrogens (tertiary/aromatic N) is 1. The van der Waals surface area contributed by atoms with Gasteiger partial charge in [0, 0.05) is 34.7 Å². The van der Waals surface area contributed by atoms with E-state index in [9.17, 15) is 9.36 Å². The van der Waals surface area contributed by atoms with Gasteiger partial charge in [0.2, 0.25) is 0 Å². The molecule has 0 spiro atoms. The van der Waals surface area contributed by atoms with E-state index in [2.05, 4.69) is 22.6 Å². The molecule has 3 rings (SSSR count). The van der Waals surface area contributed by atoms with Gasteiger partial charge in [0.1, 0.15) is 6.29 Å². The van der Waals surface area contributed by atoms with E-state index in [4.69, 9.17) is 32.2 Å². The number of anilines is 1. The Morgan fingerprint density at radius 1 is 1.16 bits per heavy atom. The van der Waals surface area contributed by atoms with E-state index in [0.717, 1.165) is 29.8 Å². The number of amides is 2. The smallest absolute Gasteiger partial charge is 0.326 e. The molecule has 1 aliphatic heterocycles. The highest BCUT2D eigenvalue weighted by atomic mass is 35.5. The lowest BCUT2D eigenvalue weighted by Gasteiger charge is -2.33. The standard InChI is InChI=1S/C22H28Cl2N3O4P/c1-4-30-32(29,31-5-2)14-25-22(28)26-17-8-6-15(7-9-17)19-12-27(3)13-20-18(19)10-16(23)11-21(20)24/h6-11,19H,4-5,12-14H2,1-3H3,(H2,25,26,28). The number of hydrogen-bond donors (Lipinski definition) is 2. The third-order valence-electron chi connectivity index (χ3n) is 5.15. The molecule has 1 aliphatic rings. The van der Waals surface area contributed by atoms with Crippen molar-refractivity contribution in [2.45, 2.75) is 26.3 Å². The van der Waals surface area contributed by atoms with Crippen LogP contribution in [0.3, 0.4) is 0 Å². The molecule has 2 aromatic rings. The number of nitrogens with one attached hydrogen (secondary N) is 2. The highest BCUT2D eigenvalue weighted by molar-refractivity contribution is 7.53. The summed E-state index contributed by atoms with van der Waals surface area (Å²) >= 11 is 12.7. The normalized spacial score (nSPS) is 16.5. The Bertz CT molecular complexity index is 993. The van der Waals surface area contributed by atoms with Crippen molar-refractivity contribution in [2.24, 2.45) is 0 Å². The number of carbonyl (C=O) groups excluding carboxylic acids is 1. The van der Waals surface area contributed by atoms with Crippen LogP contribution in [-0.4, -0.2) is 44.0 Å². The van der Waals surface area contributed by atoms with E-state index in [1.165, 1.54) is 0 Å². The van der Waals surface area contributed by atoms with Crippen LogP contribution in [0, 0.1) is 0 Å². The fourth-order valence-electron chi connectivity index (χ4n) is 3.80. The van der Waals surface area contributed by atoms with Crippen molar-refractivity contribution in [3.63, 3.8) is 0 Å². The van der Waals surface area contributed by atoms with Crippen LogP contribution in [-0.2, 0) is 20.2 Å². The monoisotopic (exact) mass is 499 g/mol. The van der Waals surface area contributed by atoms with Crippen molar-refractivity contribution in [1.82, 2.24) is 10.2 Å². The Morgan fingerprint density at radius 2 is 1.81 bits per heavy atom. The summed E-state index contributed by atoms with van der Waals surface area (Å²) < 4.78 is 22.8. The third kappa shape index (κ3) is 6.25. The van der Waals surface area contributed by atoms with Crippen LogP contribution < -0.4 is 10.6 Å². The number of likely N-dealkylation sites (N-methyl/N-ethyl adjacent to an activating group) is 1. The largest absolute Gasteiger partial charge is 0.349 e. The van der Waals surface area contributed by atoms with Gasteiger partial charge in [-0.15, -0.1) is 0 Å². The van der Waals surface area contributed by atoms with Gasteiger partial charge in [0.15, 0.2) is 0 Å². The molecule has 2 amide bonds. The SMILES string of the molecule is CCOP(=O)(CNC(=O)Nc1ccc(C2CN(C)Cc3c(Cl)cc(Cl)cc32)cc1)OCC. The highest BCUT2D eigenvalue weighted by Gasteiger charge is 2.27. The third-order valence-corrected chi connectivity index (χ3v) is 7.55. The molecule has 174 valence electrons. The summed E-state index contributed by atoms with van der Waals surface area (Å²) in [5.74, 6) is 0.117. The second-order valence-electron chi connectivity index (χ2n) is 7.56. The molecule has 0 fully saturated rings. The molecule has 10 heteroatoms. The maximum Gasteiger partial charge on any atom is 0.349 e. The minimum Gasteiger partial charge on any atom is -0.326 e. The Balaban J connectivity index is 1.68. The van der Waals surface area contributed by atoms with E-state index in [-0.39, 0.29) is 25.4 Å². The first-order valence-electron chi connectivity index (χ1n) is 10.4. The molecule has 32 heavy (non-hydrogen) atoms. The number of benzene rings is 2. The fraction of sp³-hybridized carbons (Fsp3) is 0.409. The molecule has 0 aliphatic carbocycles. The highest BCUT2D eigenvalue weighted by Crippen LogP contribution is 2.46. The number of rotatable bonds is 8. The van der Waals surface area contributed by atoms with Gasteiger partial charge in [0.05, 0.1) is 13.2 Å². The van der Waals surface area contributed by atoms with Gasteiger partial charge in [-0.3, -0.25) is 4.57 Å². The summed E-state index contributed by atoms with van der Waals surface area (Å²) in [5, 5.41) is 6.59. The van der Waals surface area contributed by atoms with E-state index < -0.39 is 13.6 Å². The van der Waals surface area contributed by atoms with Crippen molar-refractivity contribution in [1.29, 1.82) is 0 Å². The predicted octanol–water partition coefficient (Wildman–Crippen LogP) is 5.92. The van der Waals surface area contributed by atoms with Crippen LogP contribution in [0.25, 0.3) is 0 Å². The van der Waals surface area contributed by atoms with Crippen molar-refractivity contribution < 1.29 is 18.4 Å². The molecule has 2 aromatic carbocycles. The van der Waals surface area contributed by atoms with Gasteiger partial charge >= 0.3 is 13.6 Å². The minimum absolute atomic E-state index is 0.117. The maximum absolute atomic E-state index is 12.5. The van der Waals surface area contributed by atoms with Gasteiger partial charge in [-0.05, 0) is 61.9 Å². The summed E-state index contributed by atoms with van der Waals surface area (Å²) in [6.07, 6.45) is -0.203. The van der Waals surface area contributed by atoms with Crippen LogP contribution in [0.5, 0.6) is 0 Å². The molecular weight excluding hydrogens is 472 g/mol. The molecule has 1 heterocycles. The average Bonchev–Trinajstić information content (AvgIpc) is 2.73. The first-order chi connectivity index (χ1) is 15.2. The Hall–Kier alpha value is -1.60. The number of halogens is 2. The van der Waals surface area contributed by atoms with Crippen LogP contribution in [0.2, 0.25) is 10.0 Å². The Morgan fingerprint density at radius 3 is 2.44 bits per heavy atom. The van der Waals surface area contributed by atoms with Crippen LogP contribution in [0.4, 0.5) is 10.5 Å². The summed E-state index contributed by atoms with van der Waals surface area (Å²) in [6.45, 7) is 5.52. The zero-order valence-corrected chi connectivity index (χ0v) is 20.8. The summed E-state index contributed by atoms with van der Waals surface area (Å²) in [4.78, 5) is 14.5. The zero-order chi connectivity index (χ0) is 23.3. The number of hydrogen-bond acceptors (Lipinski definition) is 5. The summed E-state index contributed by atoms with van der Waals surface area (Å²) in [5.41, 5.74) is 3.92. The topological polar surface area (TPSA) is 79.9 Å². The van der Waals surface area contributed by atoms with E-state index in [0.29, 0.717) is 15.7 Å². The lowest BCUT2D eigenvalue weighted by molar-refractivity contribution is 0.216. The van der Waals surface area contributed by atoms with E-state index in [1.54, 1.807) is 19.9 Å². The molecular formula is C22H28Cl2N3O4P. The first-order valence-corrected chi connectivity index (χ1v) is 12.9. The number of urea groups is 1. The molecule has 0 bridgehead atoms. The fourth-order valence-corrected chi connectivity index (χ4v) is 5.75. The van der Waals surface area contributed by atoms with Gasteiger partial charge < -0.3 is 24.6 Å². The van der Waals surface area contributed by atoms with Crippen molar-refractivity contribution in [3.8, 4) is 0 Å². The van der Waals surface area contributed by atoms with Gasteiger partial charge in [0.25, 0.3) is 0 Å². The molecule has 2 N–H and O–H groups in total. The molecule has 0 saturated heterocycles. The van der Waals surface area contributed by atoms with Crippen LogP contribution in [0.1, 0.15) is 36.5 Å². The Labute approximate surface area is 198 Å². The van der Waals surface area contributed by atoms with Gasteiger partial charge in [-0.25, -0.2) is 4.79 Å². The number of carbonyl (C=O) groups is 1. The van der Waals surface area contributed by atoms with Crippen molar-refractivity contribution >= 4 is 42.5 Å². The van der Waals surface area contributed by atoms with E-state index >= 15 is 0 Å². The molecule has 1 atom stereocenters. The van der Waals surface area contributed by atoms with Crippen molar-refractivity contribution in [2.75, 3.05) is 38.4 Å². The lowest BCUT2D eigenvalue weighted by atomic mass is 9.85. The summed E-state index contributed by atoms with van der Waals surface area (Å²) in [7, 11) is -1.29. The predicted molar refractivity (Wildman–Crippen MR) is 129 cm³/mol. The first kappa shape index (κ1) is 25.0. The number of fused-ring (bicyclic) bond motifs is 1. The molecule has 7 nitrogen and oxygen atoms in total. The second kappa shape index (κ2) is 11.0. The quantitative estimate of drug-likeness (QED) is 0.441. The zero-order valence-electron chi connectivity index (χ0n) is 18.4. The lowest BCUT2D eigenvalue weighted by Crippen LogP contribution is -2.31. The summed E-state index contributed by atoms with van der Waals surface area (Å²) in [6, 6.07) is 10.9. The average molecular weight is 500 g/mol. The van der Waals surface area contributed by atoms with Gasteiger partial charge in [-0.1, -0.05) is 35.3 Å². The van der Waals surface area contributed by atoms with Crippen LogP contribution in [0.15, 0.2) is 36.4 Å². The minimum atomic E-state index is -3.35. The molecule has 0 aromatic heterocycles. The second-order valence-corrected chi connectivity index (χ2v) is 10.5. The van der Waals surface area contributed by atoms with Gasteiger partial charge in [-0.2, -0.15) is 0 Å². The maximum atomic E-state index is 12.5. The Kier molecular flexibility index (Phi) is 8.62. The molecule has 0 saturated carbocycles. The molecule has 0 radical (unpaired) electrons. The van der Waals surface area contributed by atoms with Crippen molar-refractivity contribution in [3.05, 3.63) is 63.1 Å². The van der Waals surface area contributed by atoms with E-state index in [1.807, 2.05) is 30.3 Å². The van der Waals surface area contributed by atoms with Crippen LogP contribution >= 0.6 is 30.8 Å².